The van der Waals surface area contributed by atoms with Crippen molar-refractivity contribution in [1.29, 1.82) is 0 Å². The normalized spacial score (nSPS) is 11.7. The highest BCUT2D eigenvalue weighted by molar-refractivity contribution is 7.99. The number of thioether (sulfide) groups is 1. The summed E-state index contributed by atoms with van der Waals surface area (Å²) in [6.45, 7) is 3.46. The molecular formula is C19H20N2O3S. The van der Waals surface area contributed by atoms with Crippen LogP contribution in [0.25, 0.3) is 16.6 Å². The number of hydrogen-bond donors (Lipinski definition) is 1. The zero-order valence-electron chi connectivity index (χ0n) is 14.4. The van der Waals surface area contributed by atoms with Gasteiger partial charge >= 0.3 is 0 Å². The number of methoxy groups -OCH3 is 1. The molecule has 3 rings (SSSR count). The van der Waals surface area contributed by atoms with E-state index >= 15 is 0 Å². The van der Waals surface area contributed by atoms with E-state index in [-0.39, 0.29) is 5.56 Å². The van der Waals surface area contributed by atoms with Gasteiger partial charge in [0.2, 0.25) is 0 Å². The number of nitrogens with zero attached hydrogens (tertiary/aromatic N) is 2. The Bertz CT molecular complexity index is 961. The number of hydrogen-bond acceptors (Lipinski definition) is 5. The molecular weight excluding hydrogens is 336 g/mol. The summed E-state index contributed by atoms with van der Waals surface area (Å²) in [4.78, 5) is 17.7. The average molecular weight is 356 g/mol. The molecule has 130 valence electrons. The van der Waals surface area contributed by atoms with Crippen molar-refractivity contribution >= 4 is 22.7 Å². The number of benzene rings is 2. The number of para-hydroxylation sites is 1. The molecule has 3 aromatic rings. The van der Waals surface area contributed by atoms with Gasteiger partial charge in [-0.2, -0.15) is 0 Å². The largest absolute Gasteiger partial charge is 0.497 e. The van der Waals surface area contributed by atoms with Crippen LogP contribution in [-0.2, 0) is 0 Å². The highest BCUT2D eigenvalue weighted by Crippen LogP contribution is 2.25. The summed E-state index contributed by atoms with van der Waals surface area (Å²) >= 11 is 1.35. The first-order valence-electron chi connectivity index (χ1n) is 7.90. The predicted molar refractivity (Wildman–Crippen MR) is 101 cm³/mol. The van der Waals surface area contributed by atoms with Crippen LogP contribution in [0.3, 0.4) is 0 Å². The Morgan fingerprint density at radius 3 is 2.68 bits per heavy atom. The van der Waals surface area contributed by atoms with Crippen LogP contribution in [0, 0.1) is 0 Å². The molecule has 6 heteroatoms. The van der Waals surface area contributed by atoms with Crippen LogP contribution < -0.4 is 10.3 Å². The molecule has 0 bridgehead atoms. The lowest BCUT2D eigenvalue weighted by Gasteiger charge is -2.18. The van der Waals surface area contributed by atoms with Gasteiger partial charge in [-0.25, -0.2) is 4.98 Å². The lowest BCUT2D eigenvalue weighted by molar-refractivity contribution is 0.107. The van der Waals surface area contributed by atoms with Crippen molar-refractivity contribution in [2.45, 2.75) is 24.6 Å². The Hall–Kier alpha value is -2.31. The zero-order chi connectivity index (χ0) is 18.0. The molecule has 0 unspecified atom stereocenters. The SMILES string of the molecule is COc1cccc(-n2c(SCC(C)(C)O)nc3ccccc3c2=O)c1. The van der Waals surface area contributed by atoms with E-state index in [0.29, 0.717) is 33.2 Å². The number of ether oxygens (including phenoxy) is 1. The minimum Gasteiger partial charge on any atom is -0.497 e. The zero-order valence-corrected chi connectivity index (χ0v) is 15.2. The summed E-state index contributed by atoms with van der Waals surface area (Å²) in [5, 5.41) is 11.1. The van der Waals surface area contributed by atoms with Crippen molar-refractivity contribution in [3.05, 3.63) is 58.9 Å². The van der Waals surface area contributed by atoms with Crippen molar-refractivity contribution in [2.75, 3.05) is 12.9 Å². The minimum atomic E-state index is -0.868. The molecule has 5 nitrogen and oxygen atoms in total. The summed E-state index contributed by atoms with van der Waals surface area (Å²) in [6, 6.07) is 14.6. The van der Waals surface area contributed by atoms with E-state index in [4.69, 9.17) is 4.74 Å². The third kappa shape index (κ3) is 3.86. The molecule has 0 aliphatic carbocycles. The lowest BCUT2D eigenvalue weighted by Crippen LogP contribution is -2.25. The van der Waals surface area contributed by atoms with Gasteiger partial charge in [0, 0.05) is 11.8 Å². The third-order valence-electron chi connectivity index (χ3n) is 3.61. The van der Waals surface area contributed by atoms with Gasteiger partial charge in [0.15, 0.2) is 5.16 Å². The second kappa shape index (κ2) is 6.90. The van der Waals surface area contributed by atoms with E-state index in [2.05, 4.69) is 4.98 Å². The van der Waals surface area contributed by atoms with Gasteiger partial charge in [-0.15, -0.1) is 0 Å². The molecule has 0 saturated carbocycles. The summed E-state index contributed by atoms with van der Waals surface area (Å²) in [6.07, 6.45) is 0. The minimum absolute atomic E-state index is 0.142. The molecule has 0 aliphatic heterocycles. The molecule has 0 spiro atoms. The van der Waals surface area contributed by atoms with Crippen LogP contribution in [-0.4, -0.2) is 33.1 Å². The van der Waals surface area contributed by atoms with Crippen LogP contribution in [0.2, 0.25) is 0 Å². The molecule has 0 saturated heterocycles. The van der Waals surface area contributed by atoms with Crippen molar-refractivity contribution in [3.63, 3.8) is 0 Å². The van der Waals surface area contributed by atoms with Crippen molar-refractivity contribution < 1.29 is 9.84 Å². The first-order valence-corrected chi connectivity index (χ1v) is 8.89. The molecule has 1 N–H and O–H groups in total. The fraction of sp³-hybridized carbons (Fsp3) is 0.263. The van der Waals surface area contributed by atoms with Gasteiger partial charge in [-0.05, 0) is 38.1 Å². The first-order chi connectivity index (χ1) is 11.9. The van der Waals surface area contributed by atoms with Crippen LogP contribution in [0.1, 0.15) is 13.8 Å². The predicted octanol–water partition coefficient (Wildman–Crippen LogP) is 3.26. The molecule has 0 amide bonds. The molecule has 0 fully saturated rings. The van der Waals surface area contributed by atoms with Crippen LogP contribution in [0.15, 0.2) is 58.5 Å². The van der Waals surface area contributed by atoms with E-state index in [1.807, 2.05) is 36.4 Å². The Balaban J connectivity index is 2.22. The van der Waals surface area contributed by atoms with E-state index in [1.165, 1.54) is 11.8 Å². The molecule has 1 aromatic heterocycles. The van der Waals surface area contributed by atoms with Gasteiger partial charge in [0.25, 0.3) is 5.56 Å². The summed E-state index contributed by atoms with van der Waals surface area (Å²) in [5.41, 5.74) is 0.315. The monoisotopic (exact) mass is 356 g/mol. The maximum absolute atomic E-state index is 13.1. The van der Waals surface area contributed by atoms with Crippen molar-refractivity contribution in [3.8, 4) is 11.4 Å². The summed E-state index contributed by atoms with van der Waals surface area (Å²) in [5.74, 6) is 1.08. The summed E-state index contributed by atoms with van der Waals surface area (Å²) in [7, 11) is 1.59. The Labute approximate surface area is 150 Å². The standard InChI is InChI=1S/C19H20N2O3S/c1-19(2,23)12-25-18-20-16-10-5-4-9-15(16)17(22)21(18)13-7-6-8-14(11-13)24-3/h4-11,23H,12H2,1-3H3. The highest BCUT2D eigenvalue weighted by atomic mass is 32.2. The van der Waals surface area contributed by atoms with Gasteiger partial charge in [0.1, 0.15) is 5.75 Å². The van der Waals surface area contributed by atoms with Crippen molar-refractivity contribution in [1.82, 2.24) is 9.55 Å². The van der Waals surface area contributed by atoms with Gasteiger partial charge in [-0.3, -0.25) is 9.36 Å². The maximum atomic E-state index is 13.1. The summed E-state index contributed by atoms with van der Waals surface area (Å²) < 4.78 is 6.85. The Morgan fingerprint density at radius 2 is 1.96 bits per heavy atom. The smallest absolute Gasteiger partial charge is 0.266 e. The first kappa shape index (κ1) is 17.5. The maximum Gasteiger partial charge on any atom is 0.266 e. The third-order valence-corrected chi connectivity index (χ3v) is 4.99. The number of rotatable bonds is 5. The fourth-order valence-corrected chi connectivity index (χ4v) is 3.39. The second-order valence-corrected chi connectivity index (χ2v) is 7.30. The highest BCUT2D eigenvalue weighted by Gasteiger charge is 2.18. The van der Waals surface area contributed by atoms with Gasteiger partial charge in [0.05, 0.1) is 29.3 Å². The second-order valence-electron chi connectivity index (χ2n) is 6.35. The van der Waals surface area contributed by atoms with E-state index in [1.54, 1.807) is 37.7 Å². The fourth-order valence-electron chi connectivity index (χ4n) is 2.43. The molecule has 0 aliphatic rings. The van der Waals surface area contributed by atoms with Crippen LogP contribution >= 0.6 is 11.8 Å². The number of fused-ring (bicyclic) bond motifs is 1. The van der Waals surface area contributed by atoms with Gasteiger partial charge in [-0.1, -0.05) is 30.0 Å². The number of aliphatic hydroxyl groups is 1. The lowest BCUT2D eigenvalue weighted by atomic mass is 10.2. The van der Waals surface area contributed by atoms with Crippen molar-refractivity contribution in [2.24, 2.45) is 0 Å². The van der Waals surface area contributed by atoms with E-state index in [0.717, 1.165) is 0 Å². The number of aromatic nitrogens is 2. The van der Waals surface area contributed by atoms with E-state index in [9.17, 15) is 9.90 Å². The molecule has 1 heterocycles. The topological polar surface area (TPSA) is 64.3 Å². The quantitative estimate of drug-likeness (QED) is 0.561. The van der Waals surface area contributed by atoms with Gasteiger partial charge < -0.3 is 9.84 Å². The Kier molecular flexibility index (Phi) is 4.83. The average Bonchev–Trinajstić information content (AvgIpc) is 2.59. The van der Waals surface area contributed by atoms with Crippen LogP contribution in [0.4, 0.5) is 0 Å². The molecule has 0 radical (unpaired) electrons. The molecule has 25 heavy (non-hydrogen) atoms. The molecule has 0 atom stereocenters. The molecule has 2 aromatic carbocycles. The van der Waals surface area contributed by atoms with E-state index < -0.39 is 5.60 Å². The Morgan fingerprint density at radius 1 is 1.20 bits per heavy atom. The van der Waals surface area contributed by atoms with Crippen LogP contribution in [0.5, 0.6) is 5.75 Å².